The molecule has 0 bridgehead atoms. The van der Waals surface area contributed by atoms with Crippen LogP contribution in [0.25, 0.3) is 0 Å². The van der Waals surface area contributed by atoms with E-state index in [0.29, 0.717) is 5.92 Å². The molecule has 0 aliphatic carbocycles. The molecule has 19 heavy (non-hydrogen) atoms. The fourth-order valence-corrected chi connectivity index (χ4v) is 2.80. The van der Waals surface area contributed by atoms with E-state index in [2.05, 4.69) is 45.2 Å². The second-order valence-corrected chi connectivity index (χ2v) is 5.43. The van der Waals surface area contributed by atoms with E-state index in [0.717, 1.165) is 25.3 Å². The van der Waals surface area contributed by atoms with Gasteiger partial charge < -0.3 is 4.90 Å². The Morgan fingerprint density at radius 3 is 3.05 bits per heavy atom. The summed E-state index contributed by atoms with van der Waals surface area (Å²) in [5.41, 5.74) is 2.46. The van der Waals surface area contributed by atoms with E-state index < -0.39 is 0 Å². The van der Waals surface area contributed by atoms with Gasteiger partial charge in [-0.25, -0.2) is 4.98 Å². The molecule has 0 aromatic carbocycles. The summed E-state index contributed by atoms with van der Waals surface area (Å²) < 4.78 is 0. The van der Waals surface area contributed by atoms with E-state index in [1.54, 1.807) is 0 Å². The van der Waals surface area contributed by atoms with E-state index in [9.17, 15) is 0 Å². The standard InChI is InChI=1S/C15H20N4/c1-12-4-5-15(16-10-12)19-8-2-3-13(11-19)9-14-6-7-17-18-14/h4-7,10,13H,2-3,8-9,11H2,1H3,(H,17,18)/t13-/m0/s1. The Morgan fingerprint density at radius 1 is 1.37 bits per heavy atom. The average molecular weight is 256 g/mol. The Balaban J connectivity index is 1.66. The first-order valence-electron chi connectivity index (χ1n) is 6.97. The van der Waals surface area contributed by atoms with Gasteiger partial charge >= 0.3 is 0 Å². The van der Waals surface area contributed by atoms with Crippen molar-refractivity contribution in [3.8, 4) is 0 Å². The molecule has 2 aromatic rings. The third-order valence-electron chi connectivity index (χ3n) is 3.81. The maximum Gasteiger partial charge on any atom is 0.128 e. The second-order valence-electron chi connectivity index (χ2n) is 5.43. The Hall–Kier alpha value is -1.84. The highest BCUT2D eigenvalue weighted by Crippen LogP contribution is 2.23. The van der Waals surface area contributed by atoms with Crippen molar-refractivity contribution in [3.05, 3.63) is 41.9 Å². The topological polar surface area (TPSA) is 44.8 Å². The minimum atomic E-state index is 0.692. The SMILES string of the molecule is Cc1ccc(N2CCC[C@@H](Cc3ccn[nH]3)C2)nc1. The van der Waals surface area contributed by atoms with Crippen LogP contribution in [-0.4, -0.2) is 28.3 Å². The number of aromatic amines is 1. The number of hydrogen-bond acceptors (Lipinski definition) is 3. The summed E-state index contributed by atoms with van der Waals surface area (Å²) in [6.07, 6.45) is 7.41. The minimum Gasteiger partial charge on any atom is -0.356 e. The normalized spacial score (nSPS) is 19.6. The first-order valence-corrected chi connectivity index (χ1v) is 6.97. The van der Waals surface area contributed by atoms with Crippen molar-refractivity contribution in [2.75, 3.05) is 18.0 Å². The molecule has 1 atom stereocenters. The monoisotopic (exact) mass is 256 g/mol. The van der Waals surface area contributed by atoms with Gasteiger partial charge in [-0.3, -0.25) is 5.10 Å². The fourth-order valence-electron chi connectivity index (χ4n) is 2.80. The third kappa shape index (κ3) is 2.95. The van der Waals surface area contributed by atoms with Gasteiger partial charge in [-0.15, -0.1) is 0 Å². The molecule has 0 unspecified atom stereocenters. The van der Waals surface area contributed by atoms with Gasteiger partial charge in [0.2, 0.25) is 0 Å². The third-order valence-corrected chi connectivity index (χ3v) is 3.81. The van der Waals surface area contributed by atoms with Gasteiger partial charge in [0.1, 0.15) is 5.82 Å². The van der Waals surface area contributed by atoms with Crippen LogP contribution >= 0.6 is 0 Å². The van der Waals surface area contributed by atoms with Crippen LogP contribution in [-0.2, 0) is 6.42 Å². The number of hydrogen-bond donors (Lipinski definition) is 1. The van der Waals surface area contributed by atoms with E-state index in [1.807, 2.05) is 12.4 Å². The highest BCUT2D eigenvalue weighted by atomic mass is 15.2. The molecule has 1 aliphatic rings. The summed E-state index contributed by atoms with van der Waals surface area (Å²) in [5, 5.41) is 7.09. The van der Waals surface area contributed by atoms with E-state index in [1.165, 1.54) is 24.1 Å². The van der Waals surface area contributed by atoms with Crippen molar-refractivity contribution in [3.63, 3.8) is 0 Å². The maximum atomic E-state index is 4.54. The number of H-pyrrole nitrogens is 1. The summed E-state index contributed by atoms with van der Waals surface area (Å²) in [6, 6.07) is 6.35. The number of nitrogens with zero attached hydrogens (tertiary/aromatic N) is 3. The Labute approximate surface area is 113 Å². The molecular weight excluding hydrogens is 236 g/mol. The molecule has 3 heterocycles. The van der Waals surface area contributed by atoms with Gasteiger partial charge in [-0.1, -0.05) is 6.07 Å². The summed E-state index contributed by atoms with van der Waals surface area (Å²) in [6.45, 7) is 4.29. The zero-order valence-corrected chi connectivity index (χ0v) is 11.3. The molecule has 0 saturated carbocycles. The first kappa shape index (κ1) is 12.2. The van der Waals surface area contributed by atoms with Gasteiger partial charge in [-0.05, 0) is 49.8 Å². The maximum absolute atomic E-state index is 4.54. The highest BCUT2D eigenvalue weighted by Gasteiger charge is 2.21. The molecule has 4 nitrogen and oxygen atoms in total. The Morgan fingerprint density at radius 2 is 2.32 bits per heavy atom. The summed E-state index contributed by atoms with van der Waals surface area (Å²) in [5.74, 6) is 1.80. The molecule has 1 saturated heterocycles. The van der Waals surface area contributed by atoms with Crippen LogP contribution in [0.4, 0.5) is 5.82 Å². The molecule has 4 heteroatoms. The molecule has 3 rings (SSSR count). The quantitative estimate of drug-likeness (QED) is 0.918. The molecular formula is C15H20N4. The molecule has 0 amide bonds. The lowest BCUT2D eigenvalue weighted by molar-refractivity contribution is 0.408. The molecule has 0 spiro atoms. The molecule has 1 N–H and O–H groups in total. The highest BCUT2D eigenvalue weighted by molar-refractivity contribution is 5.39. The number of nitrogens with one attached hydrogen (secondary N) is 1. The molecule has 0 radical (unpaired) electrons. The Bertz CT molecular complexity index is 503. The Kier molecular flexibility index (Phi) is 3.49. The van der Waals surface area contributed by atoms with Gasteiger partial charge in [-0.2, -0.15) is 5.10 Å². The van der Waals surface area contributed by atoms with Crippen LogP contribution in [0.1, 0.15) is 24.1 Å². The van der Waals surface area contributed by atoms with E-state index >= 15 is 0 Å². The van der Waals surface area contributed by atoms with Crippen LogP contribution in [0.2, 0.25) is 0 Å². The molecule has 100 valence electrons. The number of rotatable bonds is 3. The molecule has 2 aromatic heterocycles. The van der Waals surface area contributed by atoms with Crippen molar-refractivity contribution >= 4 is 5.82 Å². The zero-order chi connectivity index (χ0) is 13.1. The van der Waals surface area contributed by atoms with Crippen LogP contribution in [0.3, 0.4) is 0 Å². The average Bonchev–Trinajstić information content (AvgIpc) is 2.93. The van der Waals surface area contributed by atoms with Crippen LogP contribution in [0, 0.1) is 12.8 Å². The smallest absolute Gasteiger partial charge is 0.128 e. The first-order chi connectivity index (χ1) is 9.31. The molecule has 1 fully saturated rings. The lowest BCUT2D eigenvalue weighted by atomic mass is 9.93. The minimum absolute atomic E-state index is 0.692. The number of aromatic nitrogens is 3. The van der Waals surface area contributed by atoms with Gasteiger partial charge in [0.25, 0.3) is 0 Å². The summed E-state index contributed by atoms with van der Waals surface area (Å²) >= 11 is 0. The van der Waals surface area contributed by atoms with Crippen LogP contribution in [0.5, 0.6) is 0 Å². The number of piperidine rings is 1. The molecule has 1 aliphatic heterocycles. The summed E-state index contributed by atoms with van der Waals surface area (Å²) in [4.78, 5) is 6.95. The van der Waals surface area contributed by atoms with Gasteiger partial charge in [0, 0.05) is 31.2 Å². The predicted octanol–water partition coefficient (Wildman–Crippen LogP) is 2.57. The largest absolute Gasteiger partial charge is 0.356 e. The van der Waals surface area contributed by atoms with Crippen molar-refractivity contribution in [2.24, 2.45) is 5.92 Å². The number of aryl methyl sites for hydroxylation is 1. The van der Waals surface area contributed by atoms with Crippen LogP contribution < -0.4 is 4.90 Å². The fraction of sp³-hybridized carbons (Fsp3) is 0.467. The van der Waals surface area contributed by atoms with Crippen molar-refractivity contribution < 1.29 is 0 Å². The van der Waals surface area contributed by atoms with E-state index in [4.69, 9.17) is 0 Å². The predicted molar refractivity (Wildman–Crippen MR) is 76.2 cm³/mol. The lowest BCUT2D eigenvalue weighted by Crippen LogP contribution is -2.36. The lowest BCUT2D eigenvalue weighted by Gasteiger charge is -2.33. The van der Waals surface area contributed by atoms with Crippen molar-refractivity contribution in [1.29, 1.82) is 0 Å². The van der Waals surface area contributed by atoms with Crippen molar-refractivity contribution in [1.82, 2.24) is 15.2 Å². The van der Waals surface area contributed by atoms with Crippen LogP contribution in [0.15, 0.2) is 30.6 Å². The van der Waals surface area contributed by atoms with Crippen molar-refractivity contribution in [2.45, 2.75) is 26.2 Å². The van der Waals surface area contributed by atoms with Gasteiger partial charge in [0.15, 0.2) is 0 Å². The summed E-state index contributed by atoms with van der Waals surface area (Å²) in [7, 11) is 0. The zero-order valence-electron chi connectivity index (χ0n) is 11.3. The second kappa shape index (κ2) is 5.43. The van der Waals surface area contributed by atoms with E-state index in [-0.39, 0.29) is 0 Å². The van der Waals surface area contributed by atoms with Gasteiger partial charge in [0.05, 0.1) is 0 Å². The number of anilines is 1. The number of pyridine rings is 1.